The van der Waals surface area contributed by atoms with Crippen LogP contribution in [0.5, 0.6) is 0 Å². The molecule has 6 rings (SSSR count). The summed E-state index contributed by atoms with van der Waals surface area (Å²) in [5.41, 5.74) is 0.880. The summed E-state index contributed by atoms with van der Waals surface area (Å²) in [6.07, 6.45) is 12.3. The number of benzene rings is 2. The molecule has 4 aliphatic rings. The molecule has 17 heteroatoms. The van der Waals surface area contributed by atoms with Gasteiger partial charge in [-0.1, -0.05) is 68.1 Å². The average Bonchev–Trinajstić information content (AvgIpc) is 3.78. The molecule has 2 amide bonds. The summed E-state index contributed by atoms with van der Waals surface area (Å²) in [6, 6.07) is 19.3. The smallest absolute Gasteiger partial charge is 1.00 e. The van der Waals surface area contributed by atoms with Crippen LogP contribution in [0.3, 0.4) is 0 Å². The number of ketones is 1. The van der Waals surface area contributed by atoms with E-state index in [1.54, 1.807) is 9.80 Å². The summed E-state index contributed by atoms with van der Waals surface area (Å²) in [7, 11) is 1.00. The van der Waals surface area contributed by atoms with Gasteiger partial charge in [0.15, 0.2) is 0 Å². The molecule has 4 heterocycles. The van der Waals surface area contributed by atoms with Gasteiger partial charge in [0.25, 0.3) is 0 Å². The molecule has 0 radical (unpaired) electrons. The maximum absolute atomic E-state index is 12.1. The molecule has 2 atom stereocenters. The van der Waals surface area contributed by atoms with Gasteiger partial charge in [0.05, 0.1) is 11.2 Å². The SMILES string of the molecule is C.C1CCOC1.CC1(O)CCCCN(C(=O)OCc2ccccc2)CC1.CC1(O)CCCCNCC1.CO.O.O.O=C1CCCCN(C(=O)OCc2ccccc2)CC1.[Br-].[CH3-].[Mg+2].[Pd]. The van der Waals surface area contributed by atoms with Gasteiger partial charge in [-0.25, -0.2) is 9.59 Å². The topological polar surface area (TPSA) is 221 Å². The maximum atomic E-state index is 12.1. The molecule has 0 saturated carbocycles. The molecular formula is C46H82BrMgN3O11Pd. The van der Waals surface area contributed by atoms with Crippen LogP contribution in [0.15, 0.2) is 60.7 Å². The number of likely N-dealkylation sites (tertiary alicyclic amines) is 2. The van der Waals surface area contributed by atoms with Crippen LogP contribution in [0.4, 0.5) is 9.59 Å². The van der Waals surface area contributed by atoms with Gasteiger partial charge in [0, 0.05) is 79.8 Å². The second-order valence-electron chi connectivity index (χ2n) is 15.3. The maximum Gasteiger partial charge on any atom is 2.00 e. The Hall–Kier alpha value is -1.72. The second-order valence-corrected chi connectivity index (χ2v) is 15.3. The summed E-state index contributed by atoms with van der Waals surface area (Å²) in [5.74, 6) is 0.237. The van der Waals surface area contributed by atoms with Gasteiger partial charge in [-0.15, -0.1) is 0 Å². The predicted molar refractivity (Wildman–Crippen MR) is 245 cm³/mol. The molecule has 0 aromatic heterocycles. The van der Waals surface area contributed by atoms with Crippen molar-refractivity contribution >= 4 is 41.0 Å². The number of nitrogens with one attached hydrogen (secondary N) is 1. The Bertz CT molecular complexity index is 1330. The molecule has 0 spiro atoms. The van der Waals surface area contributed by atoms with E-state index in [4.69, 9.17) is 19.3 Å². The third-order valence-electron chi connectivity index (χ3n) is 10.0. The van der Waals surface area contributed by atoms with Crippen LogP contribution in [-0.4, -0.2) is 148 Å². The summed E-state index contributed by atoms with van der Waals surface area (Å²) in [6.45, 7) is 10.9. The number of amides is 2. The Morgan fingerprint density at radius 2 is 1.10 bits per heavy atom. The van der Waals surface area contributed by atoms with E-state index in [9.17, 15) is 24.6 Å². The fraction of sp³-hybridized carbons (Fsp3) is 0.652. The van der Waals surface area contributed by atoms with Crippen molar-refractivity contribution < 1.29 is 92.3 Å². The number of halogens is 1. The van der Waals surface area contributed by atoms with Crippen LogP contribution in [0.2, 0.25) is 0 Å². The molecule has 2 aromatic rings. The normalized spacial score (nSPS) is 20.4. The van der Waals surface area contributed by atoms with E-state index in [1.165, 1.54) is 19.3 Å². The average molecular weight is 1060 g/mol. The van der Waals surface area contributed by atoms with Crippen LogP contribution < -0.4 is 22.3 Å². The van der Waals surface area contributed by atoms with Crippen LogP contribution in [0, 0.1) is 7.43 Å². The third kappa shape index (κ3) is 36.1. The number of ether oxygens (including phenoxy) is 3. The van der Waals surface area contributed by atoms with E-state index in [-0.39, 0.29) is 111 Å². The first-order valence-electron chi connectivity index (χ1n) is 20.6. The quantitative estimate of drug-likeness (QED) is 0.259. The van der Waals surface area contributed by atoms with E-state index in [0.717, 1.165) is 95.9 Å². The number of carbonyl (C=O) groups is 3. The van der Waals surface area contributed by atoms with Crippen LogP contribution >= 0.6 is 0 Å². The van der Waals surface area contributed by atoms with Crippen molar-refractivity contribution in [2.75, 3.05) is 59.6 Å². The Morgan fingerprint density at radius 3 is 1.57 bits per heavy atom. The summed E-state index contributed by atoms with van der Waals surface area (Å²) >= 11 is 0. The molecule has 63 heavy (non-hydrogen) atoms. The van der Waals surface area contributed by atoms with Gasteiger partial charge in [-0.3, -0.25) is 4.79 Å². The van der Waals surface area contributed by atoms with Gasteiger partial charge in [-0.05, 0) is 115 Å². The largest absolute Gasteiger partial charge is 2.00 e. The molecule has 366 valence electrons. The van der Waals surface area contributed by atoms with E-state index in [0.29, 0.717) is 52.0 Å². The minimum Gasteiger partial charge on any atom is -1.00 e. The molecule has 0 aliphatic carbocycles. The monoisotopic (exact) mass is 1060 g/mol. The fourth-order valence-electron chi connectivity index (χ4n) is 6.40. The van der Waals surface area contributed by atoms with Gasteiger partial charge in [0.2, 0.25) is 0 Å². The van der Waals surface area contributed by atoms with Gasteiger partial charge in [-0.2, -0.15) is 0 Å². The molecular weight excluding hydrogens is 981 g/mol. The van der Waals surface area contributed by atoms with Crippen molar-refractivity contribution in [1.82, 2.24) is 15.1 Å². The van der Waals surface area contributed by atoms with Gasteiger partial charge < -0.3 is 80.0 Å². The van der Waals surface area contributed by atoms with Crippen molar-refractivity contribution in [2.24, 2.45) is 0 Å². The number of hydrogen-bond donors (Lipinski definition) is 4. The minimum absolute atomic E-state index is 0. The zero-order chi connectivity index (χ0) is 40.9. The van der Waals surface area contributed by atoms with E-state index in [2.05, 4.69) is 5.32 Å². The number of hydrogen-bond acceptors (Lipinski definition) is 10. The second kappa shape index (κ2) is 44.1. The first kappa shape index (κ1) is 72.9. The summed E-state index contributed by atoms with van der Waals surface area (Å²) < 4.78 is 15.6. The van der Waals surface area contributed by atoms with E-state index < -0.39 is 11.2 Å². The van der Waals surface area contributed by atoms with Crippen molar-refractivity contribution in [3.63, 3.8) is 0 Å². The standard InChI is InChI=1S/C16H23NO3.C15H19NO3.C8H17NO.C4H8O.CH4O.CH4.CH3.BrH.Mg.2H2O.Pd/c1-16(19)9-5-6-11-17(12-10-16)15(18)20-13-14-7-3-2-4-8-14;17-14-8-4-5-10-16(11-9-14)15(18)19-12-13-6-2-1-3-7-13;1-8(10)4-2-3-6-9-7-5-8;1-2-4-5-3-1;1-2;;;;;;;/h2-4,7-8,19H,5-6,9-13H2,1H3;1-3,6-7H,4-5,8-12H2;9-10H,2-7H2,1H3;1-4H2;2H,1H3;1H4;1H3;1H;;2*1H2;/q;;;;;;-1;;+2;;;/p-1. The van der Waals surface area contributed by atoms with Gasteiger partial charge >= 0.3 is 35.2 Å². The zero-order valence-electron chi connectivity index (χ0n) is 37.8. The third-order valence-corrected chi connectivity index (χ3v) is 10.0. The molecule has 4 saturated heterocycles. The first-order chi connectivity index (χ1) is 27.0. The molecule has 2 unspecified atom stereocenters. The van der Waals surface area contributed by atoms with Crippen LogP contribution in [0.25, 0.3) is 0 Å². The van der Waals surface area contributed by atoms with Crippen LogP contribution in [-0.2, 0) is 52.6 Å². The summed E-state index contributed by atoms with van der Waals surface area (Å²) in [4.78, 5) is 38.8. The Balaban J connectivity index is -0.000000176. The zero-order valence-corrected chi connectivity index (χ0v) is 42.4. The van der Waals surface area contributed by atoms with Crippen molar-refractivity contribution in [1.29, 1.82) is 0 Å². The Kier molecular flexibility index (Phi) is 51.0. The van der Waals surface area contributed by atoms with E-state index in [1.807, 2.05) is 74.5 Å². The molecule has 4 aliphatic heterocycles. The van der Waals surface area contributed by atoms with Crippen molar-refractivity contribution in [3.8, 4) is 0 Å². The molecule has 14 nitrogen and oxygen atoms in total. The molecule has 4 fully saturated rings. The molecule has 2 aromatic carbocycles. The number of Topliss-reactive ketones (excluding diaryl/α,β-unsaturated/α-hetero) is 1. The number of aliphatic hydroxyl groups is 3. The number of carbonyl (C=O) groups excluding carboxylic acids is 3. The fourth-order valence-corrected chi connectivity index (χ4v) is 6.40. The Labute approximate surface area is 420 Å². The summed E-state index contributed by atoms with van der Waals surface area (Å²) in [5, 5.41) is 30.0. The van der Waals surface area contributed by atoms with Gasteiger partial charge in [0.1, 0.15) is 19.0 Å². The van der Waals surface area contributed by atoms with Crippen molar-refractivity contribution in [3.05, 3.63) is 79.2 Å². The first-order valence-corrected chi connectivity index (χ1v) is 20.6. The predicted octanol–water partition coefficient (Wildman–Crippen LogP) is 3.08. The Morgan fingerprint density at radius 1 is 0.651 bits per heavy atom. The minimum atomic E-state index is -0.668. The molecule has 8 N–H and O–H groups in total. The van der Waals surface area contributed by atoms with Crippen molar-refractivity contribution in [2.45, 2.75) is 136 Å². The van der Waals surface area contributed by atoms with Crippen LogP contribution in [0.1, 0.15) is 122 Å². The van der Waals surface area contributed by atoms with E-state index >= 15 is 0 Å². The number of rotatable bonds is 4. The number of nitrogens with zero attached hydrogens (tertiary/aromatic N) is 2. The number of aliphatic hydroxyl groups excluding tert-OH is 1. The molecule has 0 bridgehead atoms.